The lowest BCUT2D eigenvalue weighted by Crippen LogP contribution is -2.28. The van der Waals surface area contributed by atoms with Crippen molar-refractivity contribution < 1.29 is 26.4 Å². The zero-order valence-corrected chi connectivity index (χ0v) is 17.8. The number of thioether (sulfide) groups is 1. The predicted molar refractivity (Wildman–Crippen MR) is 113 cm³/mol. The van der Waals surface area contributed by atoms with Gasteiger partial charge in [-0.3, -0.25) is 9.69 Å². The molecule has 3 aromatic rings. The van der Waals surface area contributed by atoms with Gasteiger partial charge in [-0.1, -0.05) is 12.1 Å². The number of carbonyl (C=O) groups excluding carboxylic acids is 1. The third-order valence-electron chi connectivity index (χ3n) is 4.61. The molecule has 0 aliphatic carbocycles. The molecule has 1 atom stereocenters. The van der Waals surface area contributed by atoms with Crippen LogP contribution in [-0.4, -0.2) is 30.0 Å². The second-order valence-electron chi connectivity index (χ2n) is 6.72. The molecule has 32 heavy (non-hydrogen) atoms. The lowest BCUT2D eigenvalue weighted by Gasteiger charge is -2.25. The summed E-state index contributed by atoms with van der Waals surface area (Å²) >= 11 is 1.28. The number of benzene rings is 2. The molecule has 2 aromatic carbocycles. The highest BCUT2D eigenvalue weighted by Gasteiger charge is 2.35. The predicted octanol–water partition coefficient (Wildman–Crippen LogP) is 4.07. The fourth-order valence-corrected chi connectivity index (χ4v) is 5.24. The van der Waals surface area contributed by atoms with E-state index in [2.05, 4.69) is 14.7 Å². The van der Waals surface area contributed by atoms with Crippen LogP contribution in [-0.2, 0) is 21.0 Å². The summed E-state index contributed by atoms with van der Waals surface area (Å²) in [5, 5.41) is -0.525. The molecule has 166 valence electrons. The lowest BCUT2D eigenvalue weighted by molar-refractivity contribution is -0.137. The molecule has 0 radical (unpaired) electrons. The number of nitrogens with one attached hydrogen (secondary N) is 1. The number of halogens is 3. The molecule has 4 rings (SSSR count). The first-order valence-corrected chi connectivity index (χ1v) is 11.7. The van der Waals surface area contributed by atoms with Crippen LogP contribution in [0.3, 0.4) is 0 Å². The van der Waals surface area contributed by atoms with E-state index in [9.17, 15) is 26.4 Å². The van der Waals surface area contributed by atoms with Gasteiger partial charge in [0, 0.05) is 18.1 Å². The Labute approximate surface area is 185 Å². The second-order valence-corrected chi connectivity index (χ2v) is 9.47. The van der Waals surface area contributed by atoms with Gasteiger partial charge in [-0.15, -0.1) is 11.8 Å². The van der Waals surface area contributed by atoms with Crippen molar-refractivity contribution in [2.24, 2.45) is 0 Å². The van der Waals surface area contributed by atoms with Crippen molar-refractivity contribution in [2.45, 2.75) is 16.4 Å². The van der Waals surface area contributed by atoms with Crippen LogP contribution in [0.15, 0.2) is 71.9 Å². The smallest absolute Gasteiger partial charge is 0.295 e. The number of aromatic nitrogens is 2. The van der Waals surface area contributed by atoms with Gasteiger partial charge in [0.25, 0.3) is 10.0 Å². The van der Waals surface area contributed by atoms with Gasteiger partial charge in [-0.2, -0.15) is 13.2 Å². The SMILES string of the molecule is O=C1CSC(c2ccc(C(F)(F)F)cc2)N1c1ccc(S(=O)(=O)Nc2ncccn2)cc1. The Morgan fingerprint density at radius 1 is 1.00 bits per heavy atom. The van der Waals surface area contributed by atoms with Gasteiger partial charge in [0.15, 0.2) is 0 Å². The van der Waals surface area contributed by atoms with Gasteiger partial charge in [-0.05, 0) is 48.0 Å². The van der Waals surface area contributed by atoms with E-state index in [1.165, 1.54) is 65.5 Å². The molecule has 1 aliphatic heterocycles. The molecule has 12 heteroatoms. The molecular formula is C20H15F3N4O3S2. The third kappa shape index (κ3) is 4.55. The highest BCUT2D eigenvalue weighted by Crippen LogP contribution is 2.42. The zero-order valence-electron chi connectivity index (χ0n) is 16.2. The van der Waals surface area contributed by atoms with Gasteiger partial charge >= 0.3 is 6.18 Å². The number of amides is 1. The average molecular weight is 480 g/mol. The summed E-state index contributed by atoms with van der Waals surface area (Å²) < 4.78 is 65.8. The van der Waals surface area contributed by atoms with Crippen LogP contribution in [0.25, 0.3) is 0 Å². The highest BCUT2D eigenvalue weighted by molar-refractivity contribution is 8.00. The van der Waals surface area contributed by atoms with E-state index in [-0.39, 0.29) is 22.5 Å². The summed E-state index contributed by atoms with van der Waals surface area (Å²) in [5.74, 6) is -0.157. The fraction of sp³-hybridized carbons (Fsp3) is 0.150. The second kappa shape index (κ2) is 8.43. The Hall–Kier alpha value is -3.12. The topological polar surface area (TPSA) is 92.3 Å². The number of sulfonamides is 1. The Kier molecular flexibility index (Phi) is 5.82. The molecule has 2 heterocycles. The third-order valence-corrected chi connectivity index (χ3v) is 7.16. The first-order chi connectivity index (χ1) is 15.1. The molecule has 0 bridgehead atoms. The van der Waals surface area contributed by atoms with Crippen LogP contribution in [0.1, 0.15) is 16.5 Å². The Morgan fingerprint density at radius 3 is 2.22 bits per heavy atom. The summed E-state index contributed by atoms with van der Waals surface area (Å²) in [4.78, 5) is 21.5. The van der Waals surface area contributed by atoms with E-state index in [4.69, 9.17) is 0 Å². The molecule has 1 fully saturated rings. The maximum atomic E-state index is 12.8. The van der Waals surface area contributed by atoms with Gasteiger partial charge in [0.05, 0.1) is 16.2 Å². The Bertz CT molecular complexity index is 1220. The molecule has 1 unspecified atom stereocenters. The molecule has 7 nitrogen and oxygen atoms in total. The van der Waals surface area contributed by atoms with Crippen molar-refractivity contribution in [3.63, 3.8) is 0 Å². The van der Waals surface area contributed by atoms with E-state index < -0.39 is 27.1 Å². The average Bonchev–Trinajstić information content (AvgIpc) is 3.15. The minimum absolute atomic E-state index is 0.0564. The summed E-state index contributed by atoms with van der Waals surface area (Å²) in [5.41, 5.74) is 0.194. The number of hydrogen-bond acceptors (Lipinski definition) is 6. The van der Waals surface area contributed by atoms with Gasteiger partial charge in [0.2, 0.25) is 11.9 Å². The van der Waals surface area contributed by atoms with E-state index in [0.29, 0.717) is 11.3 Å². The van der Waals surface area contributed by atoms with E-state index in [1.54, 1.807) is 6.07 Å². The Balaban J connectivity index is 1.57. The first kappa shape index (κ1) is 22.1. The number of rotatable bonds is 5. The van der Waals surface area contributed by atoms with Crippen LogP contribution in [0, 0.1) is 0 Å². The number of anilines is 2. The minimum Gasteiger partial charge on any atom is -0.295 e. The van der Waals surface area contributed by atoms with Gasteiger partial charge in [-0.25, -0.2) is 23.1 Å². The molecule has 0 saturated carbocycles. The number of nitrogens with zero attached hydrogens (tertiary/aromatic N) is 3. The fourth-order valence-electron chi connectivity index (χ4n) is 3.10. The molecule has 1 amide bonds. The first-order valence-electron chi connectivity index (χ1n) is 9.16. The molecular weight excluding hydrogens is 465 g/mol. The van der Waals surface area contributed by atoms with E-state index in [0.717, 1.165) is 12.1 Å². The van der Waals surface area contributed by atoms with Crippen molar-refractivity contribution in [3.05, 3.63) is 78.1 Å². The zero-order chi connectivity index (χ0) is 22.9. The van der Waals surface area contributed by atoms with Crippen LogP contribution in [0.2, 0.25) is 0 Å². The standard InChI is InChI=1S/C20H15F3N4O3S2/c21-20(22,23)14-4-2-13(3-5-14)18-27(17(28)12-31-18)15-6-8-16(9-7-15)32(29,30)26-19-24-10-1-11-25-19/h1-11,18H,12H2,(H,24,25,26). The van der Waals surface area contributed by atoms with Gasteiger partial charge in [0.1, 0.15) is 5.37 Å². The van der Waals surface area contributed by atoms with Crippen molar-refractivity contribution in [2.75, 3.05) is 15.4 Å². The quantitative estimate of drug-likeness (QED) is 0.592. The van der Waals surface area contributed by atoms with Crippen LogP contribution < -0.4 is 9.62 Å². The van der Waals surface area contributed by atoms with E-state index >= 15 is 0 Å². The summed E-state index contributed by atoms with van der Waals surface area (Å²) in [6.45, 7) is 0. The molecule has 0 spiro atoms. The van der Waals surface area contributed by atoms with Crippen LogP contribution >= 0.6 is 11.8 Å². The summed E-state index contributed by atoms with van der Waals surface area (Å²) in [6, 6.07) is 11.8. The minimum atomic E-state index is -4.45. The monoisotopic (exact) mass is 480 g/mol. The largest absolute Gasteiger partial charge is 0.416 e. The Morgan fingerprint density at radius 2 is 1.62 bits per heavy atom. The highest BCUT2D eigenvalue weighted by atomic mass is 32.2. The maximum absolute atomic E-state index is 12.8. The normalized spacial score (nSPS) is 16.9. The van der Waals surface area contributed by atoms with Gasteiger partial charge < -0.3 is 0 Å². The molecule has 1 aliphatic rings. The summed E-state index contributed by atoms with van der Waals surface area (Å²) in [6.07, 6.45) is -1.66. The number of carbonyl (C=O) groups is 1. The summed E-state index contributed by atoms with van der Waals surface area (Å²) in [7, 11) is -3.94. The molecule has 1 aromatic heterocycles. The lowest BCUT2D eigenvalue weighted by atomic mass is 10.1. The van der Waals surface area contributed by atoms with Crippen molar-refractivity contribution in [3.8, 4) is 0 Å². The molecule has 1 N–H and O–H groups in total. The van der Waals surface area contributed by atoms with Crippen molar-refractivity contribution in [1.29, 1.82) is 0 Å². The van der Waals surface area contributed by atoms with E-state index in [1.807, 2.05) is 0 Å². The van der Waals surface area contributed by atoms with Crippen molar-refractivity contribution >= 4 is 39.3 Å². The number of alkyl halides is 3. The maximum Gasteiger partial charge on any atom is 0.416 e. The van der Waals surface area contributed by atoms with Crippen molar-refractivity contribution in [1.82, 2.24) is 9.97 Å². The van der Waals surface area contributed by atoms with Crippen LogP contribution in [0.5, 0.6) is 0 Å². The molecule has 1 saturated heterocycles. The van der Waals surface area contributed by atoms with Crippen LogP contribution in [0.4, 0.5) is 24.8 Å². The number of hydrogen-bond donors (Lipinski definition) is 1.